The topological polar surface area (TPSA) is 136 Å². The highest BCUT2D eigenvalue weighted by molar-refractivity contribution is 7.89. The molecule has 0 spiro atoms. The van der Waals surface area contributed by atoms with Gasteiger partial charge < -0.3 is 4.74 Å². The van der Waals surface area contributed by atoms with Gasteiger partial charge in [-0.25, -0.2) is 13.4 Å². The van der Waals surface area contributed by atoms with Crippen molar-refractivity contribution in [2.45, 2.75) is 25.7 Å². The summed E-state index contributed by atoms with van der Waals surface area (Å²) in [6.07, 6.45) is 1.04. The lowest BCUT2D eigenvalue weighted by atomic mass is 10.1. The van der Waals surface area contributed by atoms with E-state index in [0.29, 0.717) is 5.75 Å². The Morgan fingerprint density at radius 1 is 0.967 bits per heavy atom. The van der Waals surface area contributed by atoms with Gasteiger partial charge in [0.15, 0.2) is 0 Å². The van der Waals surface area contributed by atoms with Crippen molar-refractivity contribution < 1.29 is 18.1 Å². The lowest BCUT2D eigenvalue weighted by Gasteiger charge is -2.11. The largest absolute Gasteiger partial charge is 0.434 e. The van der Waals surface area contributed by atoms with Crippen LogP contribution in [0.15, 0.2) is 53.7 Å². The van der Waals surface area contributed by atoms with Crippen molar-refractivity contribution in [3.05, 3.63) is 75.6 Å². The highest BCUT2D eigenvalue weighted by Crippen LogP contribution is 2.34. The van der Waals surface area contributed by atoms with E-state index in [9.17, 15) is 18.5 Å². The summed E-state index contributed by atoms with van der Waals surface area (Å²) in [7, 11) is -3.99. The number of hydrogen-bond acceptors (Lipinski definition) is 8. The van der Waals surface area contributed by atoms with E-state index in [1.165, 1.54) is 12.1 Å². The number of rotatable bonds is 7. The number of nitrogens with zero attached hydrogens (tertiary/aromatic N) is 3. The van der Waals surface area contributed by atoms with Crippen molar-refractivity contribution in [2.75, 3.05) is 5.43 Å². The van der Waals surface area contributed by atoms with Crippen LogP contribution in [0, 0.1) is 30.9 Å². The van der Waals surface area contributed by atoms with Crippen LogP contribution >= 0.6 is 0 Å². The number of anilines is 1. The Morgan fingerprint density at radius 2 is 1.60 bits per heavy atom. The van der Waals surface area contributed by atoms with Gasteiger partial charge in [-0.15, -0.1) is 4.83 Å². The summed E-state index contributed by atoms with van der Waals surface area (Å²) in [4.78, 5) is 20.6. The van der Waals surface area contributed by atoms with E-state index in [1.54, 1.807) is 24.3 Å². The third-order valence-corrected chi connectivity index (χ3v) is 5.28. The molecular weight excluding hydrogens is 410 g/mol. The molecule has 0 aliphatic heterocycles. The van der Waals surface area contributed by atoms with E-state index in [0.717, 1.165) is 23.0 Å². The van der Waals surface area contributed by atoms with Gasteiger partial charge in [-0.3, -0.25) is 15.5 Å². The number of hydrogen-bond donors (Lipinski definition) is 2. The standard InChI is InChI=1S/C19H19N5O5S/c1-12-4-6-16(7-5-12)30(27,28)23-22-18-17(24(25)26)19(21-11-20-18)29-15-9-13(2)8-14(3)10-15/h4-11,23H,1-3H3,(H,20,21,22). The zero-order valence-electron chi connectivity index (χ0n) is 16.4. The number of ether oxygens (including phenoxy) is 1. The molecule has 3 rings (SSSR count). The summed E-state index contributed by atoms with van der Waals surface area (Å²) >= 11 is 0. The molecule has 0 fully saturated rings. The lowest BCUT2D eigenvalue weighted by Crippen LogP contribution is -2.30. The number of nitro groups is 1. The highest BCUT2D eigenvalue weighted by Gasteiger charge is 2.26. The molecule has 0 bridgehead atoms. The summed E-state index contributed by atoms with van der Waals surface area (Å²) < 4.78 is 30.5. The summed E-state index contributed by atoms with van der Waals surface area (Å²) in [6.45, 7) is 5.55. The Morgan fingerprint density at radius 3 is 2.20 bits per heavy atom. The number of aromatic nitrogens is 2. The minimum Gasteiger partial charge on any atom is -0.434 e. The monoisotopic (exact) mass is 429 g/mol. The smallest absolute Gasteiger partial charge is 0.374 e. The van der Waals surface area contributed by atoms with Crippen LogP contribution < -0.4 is 15.0 Å². The van der Waals surface area contributed by atoms with Gasteiger partial charge in [-0.1, -0.05) is 23.8 Å². The minimum atomic E-state index is -3.99. The molecule has 11 heteroatoms. The van der Waals surface area contributed by atoms with Crippen LogP contribution in [0.3, 0.4) is 0 Å². The molecule has 0 unspecified atom stereocenters. The summed E-state index contributed by atoms with van der Waals surface area (Å²) in [5.41, 5.74) is 4.38. The van der Waals surface area contributed by atoms with Gasteiger partial charge in [0, 0.05) is 0 Å². The van der Waals surface area contributed by atoms with Crippen LogP contribution in [-0.2, 0) is 10.0 Å². The Balaban J connectivity index is 1.89. The van der Waals surface area contributed by atoms with E-state index >= 15 is 0 Å². The number of nitrogens with one attached hydrogen (secondary N) is 2. The number of benzene rings is 2. The van der Waals surface area contributed by atoms with Gasteiger partial charge in [0.05, 0.1) is 9.82 Å². The first kappa shape index (κ1) is 21.1. The highest BCUT2D eigenvalue weighted by atomic mass is 32.2. The normalized spacial score (nSPS) is 11.2. The second kappa shape index (κ2) is 8.43. The molecule has 0 aliphatic rings. The second-order valence-corrected chi connectivity index (χ2v) is 8.28. The Labute approximate surface area is 173 Å². The maximum absolute atomic E-state index is 12.4. The molecule has 0 aliphatic carbocycles. The van der Waals surface area contributed by atoms with Crippen molar-refractivity contribution in [2.24, 2.45) is 0 Å². The molecule has 156 valence electrons. The number of hydrazine groups is 1. The quantitative estimate of drug-likeness (QED) is 0.431. The van der Waals surface area contributed by atoms with Crippen molar-refractivity contribution in [1.29, 1.82) is 0 Å². The molecular formula is C19H19N5O5S. The molecule has 0 radical (unpaired) electrons. The molecule has 0 atom stereocenters. The summed E-state index contributed by atoms with van der Waals surface area (Å²) in [6, 6.07) is 11.4. The van der Waals surface area contributed by atoms with Crippen molar-refractivity contribution in [3.63, 3.8) is 0 Å². The van der Waals surface area contributed by atoms with Gasteiger partial charge in [0.25, 0.3) is 10.0 Å². The van der Waals surface area contributed by atoms with Gasteiger partial charge in [0.1, 0.15) is 12.1 Å². The Hall–Kier alpha value is -3.57. The SMILES string of the molecule is Cc1ccc(S(=O)(=O)NNc2ncnc(Oc3cc(C)cc(C)c3)c2[N+](=O)[O-])cc1. The fourth-order valence-electron chi connectivity index (χ4n) is 2.69. The van der Waals surface area contributed by atoms with Gasteiger partial charge >= 0.3 is 11.6 Å². The maximum atomic E-state index is 12.4. The number of aryl methyl sites for hydroxylation is 3. The molecule has 2 N–H and O–H groups in total. The predicted molar refractivity (Wildman–Crippen MR) is 110 cm³/mol. The maximum Gasteiger partial charge on any atom is 0.374 e. The molecule has 0 saturated heterocycles. The fourth-order valence-corrected chi connectivity index (χ4v) is 3.53. The van der Waals surface area contributed by atoms with E-state index < -0.39 is 20.6 Å². The molecule has 0 saturated carbocycles. The average molecular weight is 429 g/mol. The van der Waals surface area contributed by atoms with Crippen LogP contribution in [0.25, 0.3) is 0 Å². The molecule has 1 aromatic heterocycles. The first-order valence-electron chi connectivity index (χ1n) is 8.76. The Bertz CT molecular complexity index is 1180. The lowest BCUT2D eigenvalue weighted by molar-refractivity contribution is -0.385. The average Bonchev–Trinajstić information content (AvgIpc) is 2.66. The van der Waals surface area contributed by atoms with Gasteiger partial charge in [0.2, 0.25) is 5.82 Å². The van der Waals surface area contributed by atoms with Gasteiger partial charge in [-0.2, -0.15) is 4.98 Å². The minimum absolute atomic E-state index is 0.0102. The van der Waals surface area contributed by atoms with Crippen LogP contribution in [0.4, 0.5) is 11.5 Å². The van der Waals surface area contributed by atoms with Crippen LogP contribution in [-0.4, -0.2) is 23.3 Å². The van der Waals surface area contributed by atoms with Crippen LogP contribution in [0.5, 0.6) is 11.6 Å². The van der Waals surface area contributed by atoms with Gasteiger partial charge in [-0.05, 0) is 56.2 Å². The zero-order valence-corrected chi connectivity index (χ0v) is 17.2. The molecule has 30 heavy (non-hydrogen) atoms. The third kappa shape index (κ3) is 4.88. The van der Waals surface area contributed by atoms with Crippen LogP contribution in [0.2, 0.25) is 0 Å². The van der Waals surface area contributed by atoms with E-state index in [1.807, 2.05) is 26.8 Å². The van der Waals surface area contributed by atoms with Crippen LogP contribution in [0.1, 0.15) is 16.7 Å². The van der Waals surface area contributed by atoms with E-state index in [2.05, 4.69) is 20.2 Å². The van der Waals surface area contributed by atoms with E-state index in [4.69, 9.17) is 4.74 Å². The van der Waals surface area contributed by atoms with Crippen molar-refractivity contribution >= 4 is 21.5 Å². The first-order chi connectivity index (χ1) is 14.2. The van der Waals surface area contributed by atoms with Crippen molar-refractivity contribution in [1.82, 2.24) is 14.8 Å². The predicted octanol–water partition coefficient (Wildman–Crippen LogP) is 3.41. The fraction of sp³-hybridized carbons (Fsp3) is 0.158. The first-order valence-corrected chi connectivity index (χ1v) is 10.2. The molecule has 10 nitrogen and oxygen atoms in total. The van der Waals surface area contributed by atoms with E-state index in [-0.39, 0.29) is 16.6 Å². The number of sulfonamides is 1. The second-order valence-electron chi connectivity index (χ2n) is 6.60. The third-order valence-electron chi connectivity index (χ3n) is 4.02. The molecule has 3 aromatic rings. The van der Waals surface area contributed by atoms with Crippen molar-refractivity contribution in [3.8, 4) is 11.6 Å². The summed E-state index contributed by atoms with van der Waals surface area (Å²) in [5.74, 6) is -0.317. The molecule has 0 amide bonds. The zero-order chi connectivity index (χ0) is 21.9. The molecule has 2 aromatic carbocycles. The molecule has 1 heterocycles. The summed E-state index contributed by atoms with van der Waals surface area (Å²) in [5, 5.41) is 11.6. The Kier molecular flexibility index (Phi) is 5.94.